The fraction of sp³-hybridized carbons (Fsp3) is 0.231. The molecule has 1 aromatic carbocycles. The lowest BCUT2D eigenvalue weighted by molar-refractivity contribution is 0.560. The second-order valence-electron chi connectivity index (χ2n) is 4.35. The summed E-state index contributed by atoms with van der Waals surface area (Å²) in [7, 11) is 0. The van der Waals surface area contributed by atoms with Gasteiger partial charge in [0, 0.05) is 31.2 Å². The molecule has 0 saturated heterocycles. The zero-order valence-corrected chi connectivity index (χ0v) is 9.87. The lowest BCUT2D eigenvalue weighted by Crippen LogP contribution is -2.34. The molecule has 0 atom stereocenters. The Labute approximate surface area is 105 Å². The Morgan fingerprint density at radius 1 is 1.33 bits per heavy atom. The second kappa shape index (κ2) is 4.08. The summed E-state index contributed by atoms with van der Waals surface area (Å²) in [6, 6.07) is 7.66. The van der Waals surface area contributed by atoms with E-state index in [-0.39, 0.29) is 0 Å². The number of nitrogen functional groups attached to an aromatic ring is 1. The minimum atomic E-state index is 0.619. The number of aromatic nitrogens is 2. The lowest BCUT2D eigenvalue weighted by atomic mass is 10.1. The predicted molar refractivity (Wildman–Crippen MR) is 68.8 cm³/mol. The summed E-state index contributed by atoms with van der Waals surface area (Å²) in [6.07, 6.45) is 3.80. The van der Waals surface area contributed by atoms with Gasteiger partial charge in [-0.15, -0.1) is 0 Å². The number of nitrogens with two attached hydrogens (primary N) is 1. The van der Waals surface area contributed by atoms with Crippen molar-refractivity contribution in [2.24, 2.45) is 0 Å². The smallest absolute Gasteiger partial charge is 0.128 e. The first kappa shape index (κ1) is 10.7. The summed E-state index contributed by atoms with van der Waals surface area (Å²) in [5, 5.41) is 9.18. The third-order valence-corrected chi connectivity index (χ3v) is 3.23. The molecule has 0 saturated carbocycles. The first-order valence-electron chi connectivity index (χ1n) is 5.82. The second-order valence-corrected chi connectivity index (χ2v) is 4.35. The average Bonchev–Trinajstić information content (AvgIpc) is 2.85. The molecule has 1 aliphatic heterocycles. The van der Waals surface area contributed by atoms with E-state index >= 15 is 0 Å². The Kier molecular flexibility index (Phi) is 2.41. The van der Waals surface area contributed by atoms with Crippen molar-refractivity contribution in [1.82, 2.24) is 9.55 Å². The maximum Gasteiger partial charge on any atom is 0.128 e. The summed E-state index contributed by atoms with van der Waals surface area (Å²) in [5.74, 6) is 1.03. The van der Waals surface area contributed by atoms with Gasteiger partial charge in [0.25, 0.3) is 0 Å². The van der Waals surface area contributed by atoms with E-state index in [0.29, 0.717) is 11.3 Å². The van der Waals surface area contributed by atoms with Crippen LogP contribution in [0.25, 0.3) is 0 Å². The van der Waals surface area contributed by atoms with Crippen LogP contribution >= 0.6 is 0 Å². The average molecular weight is 239 g/mol. The third-order valence-electron chi connectivity index (χ3n) is 3.23. The van der Waals surface area contributed by atoms with E-state index in [4.69, 9.17) is 5.73 Å². The molecule has 1 aromatic heterocycles. The van der Waals surface area contributed by atoms with E-state index in [0.717, 1.165) is 31.1 Å². The monoisotopic (exact) mass is 239 g/mol. The van der Waals surface area contributed by atoms with Gasteiger partial charge in [0.15, 0.2) is 0 Å². The zero-order valence-electron chi connectivity index (χ0n) is 9.87. The molecule has 0 unspecified atom stereocenters. The van der Waals surface area contributed by atoms with Crippen molar-refractivity contribution >= 4 is 11.4 Å². The van der Waals surface area contributed by atoms with Crippen LogP contribution in [0.2, 0.25) is 0 Å². The molecule has 5 nitrogen and oxygen atoms in total. The van der Waals surface area contributed by atoms with Crippen LogP contribution in [0.3, 0.4) is 0 Å². The highest BCUT2D eigenvalue weighted by Gasteiger charge is 2.19. The normalized spacial score (nSPS) is 14.1. The van der Waals surface area contributed by atoms with Crippen LogP contribution in [0.1, 0.15) is 11.4 Å². The van der Waals surface area contributed by atoms with E-state index in [1.165, 1.54) is 0 Å². The van der Waals surface area contributed by atoms with Crippen molar-refractivity contribution < 1.29 is 0 Å². The van der Waals surface area contributed by atoms with Gasteiger partial charge in [-0.3, -0.25) is 0 Å². The number of benzene rings is 1. The fourth-order valence-corrected chi connectivity index (χ4v) is 2.30. The van der Waals surface area contributed by atoms with Gasteiger partial charge in [-0.1, -0.05) is 0 Å². The summed E-state index contributed by atoms with van der Waals surface area (Å²) in [6.45, 7) is 2.50. The van der Waals surface area contributed by atoms with Crippen LogP contribution in [-0.4, -0.2) is 16.1 Å². The van der Waals surface area contributed by atoms with Gasteiger partial charge >= 0.3 is 0 Å². The number of rotatable bonds is 1. The summed E-state index contributed by atoms with van der Waals surface area (Å²) in [5.41, 5.74) is 7.88. The fourth-order valence-electron chi connectivity index (χ4n) is 2.30. The van der Waals surface area contributed by atoms with Crippen LogP contribution in [-0.2, 0) is 13.1 Å². The Balaban J connectivity index is 1.96. The lowest BCUT2D eigenvalue weighted by Gasteiger charge is -2.30. The Morgan fingerprint density at radius 2 is 2.22 bits per heavy atom. The molecular formula is C13H13N5. The van der Waals surface area contributed by atoms with Crippen LogP contribution in [0.4, 0.5) is 11.4 Å². The predicted octanol–water partition coefficient (Wildman–Crippen LogP) is 1.36. The number of hydrogen-bond acceptors (Lipinski definition) is 4. The van der Waals surface area contributed by atoms with Crippen molar-refractivity contribution in [1.29, 1.82) is 5.26 Å². The minimum Gasteiger partial charge on any atom is -0.399 e. The molecule has 90 valence electrons. The van der Waals surface area contributed by atoms with Crippen LogP contribution in [0, 0.1) is 11.3 Å². The highest BCUT2D eigenvalue weighted by Crippen LogP contribution is 2.25. The van der Waals surface area contributed by atoms with Crippen molar-refractivity contribution in [3.63, 3.8) is 0 Å². The number of anilines is 2. The molecule has 0 amide bonds. The van der Waals surface area contributed by atoms with Gasteiger partial charge in [0.1, 0.15) is 11.9 Å². The molecule has 0 fully saturated rings. The van der Waals surface area contributed by atoms with Crippen LogP contribution in [0.15, 0.2) is 30.6 Å². The molecule has 2 aromatic rings. The topological polar surface area (TPSA) is 70.9 Å². The van der Waals surface area contributed by atoms with Gasteiger partial charge in [-0.2, -0.15) is 5.26 Å². The largest absolute Gasteiger partial charge is 0.399 e. The van der Waals surface area contributed by atoms with E-state index in [1.807, 2.05) is 24.5 Å². The van der Waals surface area contributed by atoms with E-state index < -0.39 is 0 Å². The van der Waals surface area contributed by atoms with Crippen molar-refractivity contribution in [3.05, 3.63) is 42.0 Å². The molecule has 0 radical (unpaired) electrons. The Morgan fingerprint density at radius 3 is 3.06 bits per heavy atom. The molecule has 18 heavy (non-hydrogen) atoms. The number of nitriles is 1. The van der Waals surface area contributed by atoms with Crippen molar-refractivity contribution in [3.8, 4) is 6.07 Å². The van der Waals surface area contributed by atoms with Gasteiger partial charge in [-0.05, 0) is 18.2 Å². The summed E-state index contributed by atoms with van der Waals surface area (Å²) >= 11 is 0. The van der Waals surface area contributed by atoms with Crippen LogP contribution in [0.5, 0.6) is 0 Å². The zero-order chi connectivity index (χ0) is 12.5. The molecule has 3 rings (SSSR count). The first-order chi connectivity index (χ1) is 8.78. The van der Waals surface area contributed by atoms with E-state index in [2.05, 4.69) is 20.5 Å². The van der Waals surface area contributed by atoms with E-state index in [9.17, 15) is 5.26 Å². The Hall–Kier alpha value is -2.48. The quantitative estimate of drug-likeness (QED) is 0.763. The number of hydrogen-bond donors (Lipinski definition) is 1. The molecule has 2 N–H and O–H groups in total. The first-order valence-corrected chi connectivity index (χ1v) is 5.82. The van der Waals surface area contributed by atoms with Crippen molar-refractivity contribution in [2.75, 3.05) is 17.2 Å². The summed E-state index contributed by atoms with van der Waals surface area (Å²) in [4.78, 5) is 6.49. The number of imidazole rings is 1. The SMILES string of the molecule is N#Cc1cc(N)ccc1N1CCn2ccnc2C1. The molecular weight excluding hydrogens is 226 g/mol. The molecule has 0 bridgehead atoms. The molecule has 1 aliphatic rings. The number of nitrogens with zero attached hydrogens (tertiary/aromatic N) is 4. The molecule has 0 spiro atoms. The standard InChI is InChI=1S/C13H13N5/c14-8-10-7-11(15)1-2-12(10)18-6-5-17-4-3-16-13(17)9-18/h1-4,7H,5-6,9,15H2. The van der Waals surface area contributed by atoms with E-state index in [1.54, 1.807) is 6.07 Å². The molecule has 0 aliphatic carbocycles. The van der Waals surface area contributed by atoms with Gasteiger partial charge in [0.2, 0.25) is 0 Å². The van der Waals surface area contributed by atoms with Gasteiger partial charge in [0.05, 0.1) is 17.8 Å². The maximum atomic E-state index is 9.18. The molecule has 2 heterocycles. The molecule has 5 heteroatoms. The Bertz CT molecular complexity index is 623. The number of fused-ring (bicyclic) bond motifs is 1. The third kappa shape index (κ3) is 1.68. The minimum absolute atomic E-state index is 0.619. The summed E-state index contributed by atoms with van der Waals surface area (Å²) < 4.78 is 2.14. The van der Waals surface area contributed by atoms with Gasteiger partial charge < -0.3 is 15.2 Å². The van der Waals surface area contributed by atoms with Crippen LogP contribution < -0.4 is 10.6 Å². The van der Waals surface area contributed by atoms with Gasteiger partial charge in [-0.25, -0.2) is 4.98 Å². The highest BCUT2D eigenvalue weighted by molar-refractivity contribution is 5.64. The van der Waals surface area contributed by atoms with Crippen molar-refractivity contribution in [2.45, 2.75) is 13.1 Å². The highest BCUT2D eigenvalue weighted by atomic mass is 15.2. The maximum absolute atomic E-state index is 9.18.